The van der Waals surface area contributed by atoms with Crippen molar-refractivity contribution >= 4 is 44.9 Å². The van der Waals surface area contributed by atoms with Gasteiger partial charge in [0.25, 0.3) is 0 Å². The Labute approximate surface area is 163 Å². The lowest BCUT2D eigenvalue weighted by Crippen LogP contribution is -2.22. The van der Waals surface area contributed by atoms with Crippen LogP contribution in [-0.2, 0) is 11.6 Å². The van der Waals surface area contributed by atoms with Crippen LogP contribution in [0.25, 0.3) is 32.9 Å². The van der Waals surface area contributed by atoms with Gasteiger partial charge in [0, 0.05) is 33.9 Å². The average Bonchev–Trinajstić information content (AvgIpc) is 3.20. The van der Waals surface area contributed by atoms with E-state index < -0.39 is 7.14 Å². The fourth-order valence-electron chi connectivity index (χ4n) is 4.79. The molecule has 0 saturated heterocycles. The number of nitrogens with zero attached hydrogens (tertiary/aromatic N) is 1. The van der Waals surface area contributed by atoms with E-state index in [0.717, 1.165) is 32.6 Å². The summed E-state index contributed by atoms with van der Waals surface area (Å²) < 4.78 is 17.1. The Morgan fingerprint density at radius 2 is 1.39 bits per heavy atom. The van der Waals surface area contributed by atoms with E-state index in [0.29, 0.717) is 0 Å². The highest BCUT2D eigenvalue weighted by Crippen LogP contribution is 2.54. The van der Waals surface area contributed by atoms with Crippen LogP contribution in [0.4, 0.5) is 0 Å². The highest BCUT2D eigenvalue weighted by molar-refractivity contribution is 7.86. The van der Waals surface area contributed by atoms with Crippen LogP contribution in [0.5, 0.6) is 0 Å². The fourth-order valence-corrected chi connectivity index (χ4v) is 8.09. The van der Waals surface area contributed by atoms with Crippen LogP contribution in [0.2, 0.25) is 0 Å². The summed E-state index contributed by atoms with van der Waals surface area (Å²) in [6, 6.07) is 30.9. The minimum absolute atomic E-state index is 0.902. The lowest BCUT2D eigenvalue weighted by Gasteiger charge is -2.17. The molecule has 0 amide bonds. The average molecular weight is 379 g/mol. The SMILES string of the molecule is Cn1c2ccccc2c2ccc3c(c21)P(=O)(c1ccccc1)c1ccccc1-3. The van der Waals surface area contributed by atoms with E-state index in [1.807, 2.05) is 48.5 Å². The minimum Gasteiger partial charge on any atom is -0.343 e. The second-order valence-electron chi connectivity index (χ2n) is 7.40. The topological polar surface area (TPSA) is 22.0 Å². The molecule has 1 aliphatic rings. The summed E-state index contributed by atoms with van der Waals surface area (Å²) in [4.78, 5) is 0. The van der Waals surface area contributed by atoms with Crippen molar-refractivity contribution in [1.82, 2.24) is 4.57 Å². The van der Waals surface area contributed by atoms with Crippen LogP contribution in [0.1, 0.15) is 0 Å². The van der Waals surface area contributed by atoms with E-state index in [-0.39, 0.29) is 0 Å². The Hall–Kier alpha value is -3.09. The summed E-state index contributed by atoms with van der Waals surface area (Å²) in [5, 5.41) is 5.21. The number of hydrogen-bond acceptors (Lipinski definition) is 1. The van der Waals surface area contributed by atoms with Gasteiger partial charge in [-0.25, -0.2) is 0 Å². The second-order valence-corrected chi connectivity index (χ2v) is 10.1. The summed E-state index contributed by atoms with van der Waals surface area (Å²) in [6.07, 6.45) is 0. The molecule has 0 aliphatic carbocycles. The van der Waals surface area contributed by atoms with Crippen molar-refractivity contribution in [3.63, 3.8) is 0 Å². The number of para-hydroxylation sites is 1. The molecule has 2 nitrogen and oxygen atoms in total. The maximum absolute atomic E-state index is 14.9. The van der Waals surface area contributed by atoms with Gasteiger partial charge < -0.3 is 9.13 Å². The molecular weight excluding hydrogens is 361 g/mol. The molecule has 0 spiro atoms. The predicted molar refractivity (Wildman–Crippen MR) is 119 cm³/mol. The first kappa shape index (κ1) is 15.9. The van der Waals surface area contributed by atoms with Gasteiger partial charge in [-0.05, 0) is 17.2 Å². The van der Waals surface area contributed by atoms with Crippen molar-refractivity contribution < 1.29 is 4.57 Å². The van der Waals surface area contributed by atoms with Crippen molar-refractivity contribution in [2.45, 2.75) is 0 Å². The molecule has 1 aromatic heterocycles. The van der Waals surface area contributed by atoms with E-state index in [1.165, 1.54) is 16.3 Å². The number of fused-ring (bicyclic) bond motifs is 7. The van der Waals surface area contributed by atoms with Crippen LogP contribution in [0.3, 0.4) is 0 Å². The third kappa shape index (κ3) is 1.81. The molecule has 1 atom stereocenters. The number of hydrogen-bond donors (Lipinski definition) is 0. The second kappa shape index (κ2) is 5.47. The van der Waals surface area contributed by atoms with Crippen LogP contribution in [-0.4, -0.2) is 4.57 Å². The van der Waals surface area contributed by atoms with Gasteiger partial charge in [-0.3, -0.25) is 0 Å². The molecule has 4 aromatic carbocycles. The van der Waals surface area contributed by atoms with Crippen LogP contribution >= 0.6 is 7.14 Å². The lowest BCUT2D eigenvalue weighted by molar-refractivity contribution is 0.593. The van der Waals surface area contributed by atoms with Crippen molar-refractivity contribution in [1.29, 1.82) is 0 Å². The zero-order chi connectivity index (χ0) is 18.9. The molecule has 0 bridgehead atoms. The van der Waals surface area contributed by atoms with E-state index in [2.05, 4.69) is 54.1 Å². The number of aryl methyl sites for hydroxylation is 1. The van der Waals surface area contributed by atoms with Crippen molar-refractivity contribution in [2.24, 2.45) is 7.05 Å². The predicted octanol–water partition coefficient (Wildman–Crippen LogP) is 4.95. The smallest absolute Gasteiger partial charge is 0.174 e. The van der Waals surface area contributed by atoms with E-state index >= 15 is 0 Å². The molecule has 0 saturated carbocycles. The third-order valence-electron chi connectivity index (χ3n) is 6.01. The molecule has 3 heteroatoms. The van der Waals surface area contributed by atoms with Gasteiger partial charge in [0.15, 0.2) is 7.14 Å². The Balaban J connectivity index is 1.87. The zero-order valence-corrected chi connectivity index (χ0v) is 16.4. The van der Waals surface area contributed by atoms with Gasteiger partial charge in [-0.2, -0.15) is 0 Å². The van der Waals surface area contributed by atoms with Gasteiger partial charge in [-0.15, -0.1) is 0 Å². The van der Waals surface area contributed by atoms with Gasteiger partial charge in [0.05, 0.1) is 10.8 Å². The minimum atomic E-state index is -2.95. The summed E-state index contributed by atoms with van der Waals surface area (Å²) in [6.45, 7) is 0. The number of aromatic nitrogens is 1. The van der Waals surface area contributed by atoms with E-state index in [9.17, 15) is 4.57 Å². The molecule has 6 rings (SSSR count). The Morgan fingerprint density at radius 1 is 0.679 bits per heavy atom. The summed E-state index contributed by atoms with van der Waals surface area (Å²) in [7, 11) is -0.864. The number of benzene rings is 4. The van der Waals surface area contributed by atoms with Crippen molar-refractivity contribution in [3.8, 4) is 11.1 Å². The molecule has 0 fully saturated rings. The zero-order valence-electron chi connectivity index (χ0n) is 15.5. The first-order chi connectivity index (χ1) is 13.7. The fraction of sp³-hybridized carbons (Fsp3) is 0.0400. The summed E-state index contributed by atoms with van der Waals surface area (Å²) in [5.74, 6) is 0. The molecule has 1 aliphatic heterocycles. The van der Waals surface area contributed by atoms with E-state index in [1.54, 1.807) is 0 Å². The molecule has 0 radical (unpaired) electrons. The summed E-state index contributed by atoms with van der Waals surface area (Å²) >= 11 is 0. The monoisotopic (exact) mass is 379 g/mol. The highest BCUT2D eigenvalue weighted by Gasteiger charge is 2.42. The first-order valence-electron chi connectivity index (χ1n) is 9.47. The van der Waals surface area contributed by atoms with Crippen LogP contribution in [0, 0.1) is 0 Å². The van der Waals surface area contributed by atoms with Crippen LogP contribution in [0.15, 0.2) is 91.0 Å². The highest BCUT2D eigenvalue weighted by atomic mass is 31.2. The number of rotatable bonds is 1. The Bertz CT molecular complexity index is 1450. The van der Waals surface area contributed by atoms with Gasteiger partial charge in [0.1, 0.15) is 0 Å². The normalized spacial score (nSPS) is 17.8. The molecule has 1 unspecified atom stereocenters. The summed E-state index contributed by atoms with van der Waals surface area (Å²) in [5.41, 5.74) is 4.45. The first-order valence-corrected chi connectivity index (χ1v) is 11.2. The molecule has 0 N–H and O–H groups in total. The van der Waals surface area contributed by atoms with Crippen molar-refractivity contribution in [3.05, 3.63) is 91.0 Å². The van der Waals surface area contributed by atoms with E-state index in [4.69, 9.17) is 0 Å². The molecule has 134 valence electrons. The molecule has 5 aromatic rings. The lowest BCUT2D eigenvalue weighted by atomic mass is 10.0. The van der Waals surface area contributed by atoms with Crippen LogP contribution < -0.4 is 15.9 Å². The maximum Gasteiger partial charge on any atom is 0.174 e. The Kier molecular flexibility index (Phi) is 3.11. The van der Waals surface area contributed by atoms with Crippen molar-refractivity contribution in [2.75, 3.05) is 0 Å². The van der Waals surface area contributed by atoms with Gasteiger partial charge in [-0.1, -0.05) is 84.9 Å². The van der Waals surface area contributed by atoms with Gasteiger partial charge in [0.2, 0.25) is 0 Å². The third-order valence-corrected chi connectivity index (χ3v) is 9.19. The quantitative estimate of drug-likeness (QED) is 0.371. The standard InChI is InChI=1S/C25H18NOP/c1-26-22-13-7-5-11-18(22)20-15-16-21-19-12-6-8-14-23(19)28(27,25(21)24(20)26)17-9-3-2-4-10-17/h2-16H,1H3. The largest absolute Gasteiger partial charge is 0.343 e. The molecule has 28 heavy (non-hydrogen) atoms. The molecular formula is C25H18NOP. The molecule has 2 heterocycles. The Morgan fingerprint density at radius 3 is 2.25 bits per heavy atom. The van der Waals surface area contributed by atoms with Gasteiger partial charge >= 0.3 is 0 Å². The maximum atomic E-state index is 14.9.